The normalized spacial score (nSPS) is 18.8. The summed E-state index contributed by atoms with van der Waals surface area (Å²) >= 11 is 7.89. The van der Waals surface area contributed by atoms with E-state index < -0.39 is 0 Å². The van der Waals surface area contributed by atoms with E-state index >= 15 is 0 Å². The van der Waals surface area contributed by atoms with Crippen molar-refractivity contribution in [1.29, 1.82) is 0 Å². The molecule has 3 N–H and O–H groups in total. The van der Waals surface area contributed by atoms with Crippen LogP contribution in [0, 0.1) is 12.3 Å². The summed E-state index contributed by atoms with van der Waals surface area (Å²) in [6.07, 6.45) is 6.43. The van der Waals surface area contributed by atoms with E-state index in [1.807, 2.05) is 43.5 Å². The van der Waals surface area contributed by atoms with Crippen LogP contribution in [0.15, 0.2) is 58.7 Å². The smallest absolute Gasteiger partial charge is 0.179 e. The SMILES string of the molecule is Cc1nccc(Sc2ccc3nc(N4CCC5(CC4)Cc4cc(O)ccc4[C@H]5N)cnc3n2)c1Cl. The number of nitrogens with two attached hydrogens (primary N) is 1. The maximum atomic E-state index is 9.88. The van der Waals surface area contributed by atoms with Crippen molar-refractivity contribution in [2.45, 2.75) is 42.1 Å². The van der Waals surface area contributed by atoms with Gasteiger partial charge in [-0.05, 0) is 73.1 Å². The molecule has 4 heterocycles. The molecular formula is C26H25ClN6OS. The molecule has 1 aromatic carbocycles. The molecule has 1 fully saturated rings. The monoisotopic (exact) mass is 504 g/mol. The Hall–Kier alpha value is -2.94. The minimum atomic E-state index is 0.000690. The summed E-state index contributed by atoms with van der Waals surface area (Å²) in [5.41, 5.74) is 11.3. The van der Waals surface area contributed by atoms with Gasteiger partial charge in [0, 0.05) is 30.2 Å². The average molecular weight is 505 g/mol. The number of hydrogen-bond donors (Lipinski definition) is 2. The minimum absolute atomic E-state index is 0.000690. The van der Waals surface area contributed by atoms with E-state index in [0.717, 1.165) is 59.3 Å². The fraction of sp³-hybridized carbons (Fsp3) is 0.308. The van der Waals surface area contributed by atoms with Crippen LogP contribution in [0.2, 0.25) is 5.02 Å². The van der Waals surface area contributed by atoms with Crippen LogP contribution in [0.5, 0.6) is 5.75 Å². The summed E-state index contributed by atoms with van der Waals surface area (Å²) in [4.78, 5) is 21.6. The third-order valence-electron chi connectivity index (χ3n) is 7.36. The number of phenolic OH excluding ortho intramolecular Hbond substituents is 1. The third-order valence-corrected chi connectivity index (χ3v) is 8.94. The lowest BCUT2D eigenvalue weighted by atomic mass is 9.73. The molecule has 1 spiro atoms. The van der Waals surface area contributed by atoms with Crippen LogP contribution in [-0.4, -0.2) is 38.1 Å². The molecule has 1 atom stereocenters. The summed E-state index contributed by atoms with van der Waals surface area (Å²) in [6.45, 7) is 3.63. The number of hydrogen-bond acceptors (Lipinski definition) is 8. The predicted octanol–water partition coefficient (Wildman–Crippen LogP) is 5.08. The van der Waals surface area contributed by atoms with Gasteiger partial charge in [0.05, 0.1) is 16.9 Å². The molecule has 0 bridgehead atoms. The molecule has 2 aliphatic rings. The quantitative estimate of drug-likeness (QED) is 0.398. The molecule has 0 unspecified atom stereocenters. The van der Waals surface area contributed by atoms with Gasteiger partial charge < -0.3 is 15.7 Å². The Balaban J connectivity index is 1.18. The number of piperidine rings is 1. The van der Waals surface area contributed by atoms with E-state index in [9.17, 15) is 5.11 Å². The van der Waals surface area contributed by atoms with Crippen molar-refractivity contribution in [3.8, 4) is 5.75 Å². The topological polar surface area (TPSA) is 101 Å². The van der Waals surface area contributed by atoms with Gasteiger partial charge in [-0.2, -0.15) is 0 Å². The number of phenols is 1. The zero-order chi connectivity index (χ0) is 24.2. The highest BCUT2D eigenvalue weighted by molar-refractivity contribution is 7.99. The molecule has 0 radical (unpaired) electrons. The second-order valence-electron chi connectivity index (χ2n) is 9.42. The molecule has 178 valence electrons. The second kappa shape index (κ2) is 8.62. The number of halogens is 1. The van der Waals surface area contributed by atoms with Crippen LogP contribution in [0.4, 0.5) is 5.82 Å². The van der Waals surface area contributed by atoms with Gasteiger partial charge in [0.2, 0.25) is 0 Å². The Labute approximate surface area is 212 Å². The molecule has 0 amide bonds. The Kier molecular flexibility index (Phi) is 5.55. The molecular weight excluding hydrogens is 480 g/mol. The molecule has 1 saturated heterocycles. The van der Waals surface area contributed by atoms with Crippen LogP contribution in [-0.2, 0) is 6.42 Å². The van der Waals surface area contributed by atoms with Crippen molar-refractivity contribution in [2.75, 3.05) is 18.0 Å². The van der Waals surface area contributed by atoms with E-state index in [1.165, 1.54) is 22.9 Å². The van der Waals surface area contributed by atoms with Crippen LogP contribution in [0.3, 0.4) is 0 Å². The molecule has 6 rings (SSSR count). The first-order valence-electron chi connectivity index (χ1n) is 11.7. The Morgan fingerprint density at radius 1 is 1.11 bits per heavy atom. The summed E-state index contributed by atoms with van der Waals surface area (Å²) in [5.74, 6) is 1.18. The van der Waals surface area contributed by atoms with Crippen LogP contribution >= 0.6 is 23.4 Å². The van der Waals surface area contributed by atoms with Gasteiger partial charge in [0.15, 0.2) is 5.65 Å². The third kappa shape index (κ3) is 3.99. The average Bonchev–Trinajstić information content (AvgIpc) is 3.12. The first-order valence-corrected chi connectivity index (χ1v) is 12.9. The van der Waals surface area contributed by atoms with E-state index in [0.29, 0.717) is 16.4 Å². The van der Waals surface area contributed by atoms with E-state index in [2.05, 4.69) is 19.9 Å². The lowest BCUT2D eigenvalue weighted by Crippen LogP contribution is -2.44. The van der Waals surface area contributed by atoms with Gasteiger partial charge in [-0.1, -0.05) is 29.4 Å². The van der Waals surface area contributed by atoms with Crippen LogP contribution in [0.1, 0.15) is 35.7 Å². The summed E-state index contributed by atoms with van der Waals surface area (Å²) in [7, 11) is 0. The van der Waals surface area contributed by atoms with E-state index in [4.69, 9.17) is 22.3 Å². The number of rotatable bonds is 3. The zero-order valence-corrected chi connectivity index (χ0v) is 20.9. The molecule has 35 heavy (non-hydrogen) atoms. The summed E-state index contributed by atoms with van der Waals surface area (Å²) in [6, 6.07) is 11.4. The number of fused-ring (bicyclic) bond motifs is 2. The first-order chi connectivity index (χ1) is 16.9. The fourth-order valence-corrected chi connectivity index (χ4v) is 6.43. The van der Waals surface area contributed by atoms with Gasteiger partial charge in [0.1, 0.15) is 22.1 Å². The second-order valence-corrected chi connectivity index (χ2v) is 10.9. The van der Waals surface area contributed by atoms with E-state index in [1.54, 1.807) is 12.3 Å². The number of anilines is 1. The Morgan fingerprint density at radius 2 is 1.94 bits per heavy atom. The molecule has 1 aliphatic heterocycles. The van der Waals surface area contributed by atoms with Gasteiger partial charge in [0.25, 0.3) is 0 Å². The fourth-order valence-electron chi connectivity index (χ4n) is 5.34. The highest BCUT2D eigenvalue weighted by Crippen LogP contribution is 2.51. The first kappa shape index (κ1) is 22.5. The van der Waals surface area contributed by atoms with Crippen molar-refractivity contribution in [1.82, 2.24) is 19.9 Å². The maximum absolute atomic E-state index is 9.88. The minimum Gasteiger partial charge on any atom is -0.508 e. The molecule has 1 aliphatic carbocycles. The standard InChI is InChI=1S/C26H25ClN6OS/c1-15-23(27)20(6-9-29-15)35-22-5-4-19-25(32-22)30-14-21(31-19)33-10-7-26(8-11-33)13-16-12-17(34)2-3-18(16)24(26)28/h2-6,9,12,14,24,34H,7-8,10-11,13,28H2,1H3/t24-/m1/s1. The molecule has 9 heteroatoms. The highest BCUT2D eigenvalue weighted by Gasteiger charge is 2.46. The summed E-state index contributed by atoms with van der Waals surface area (Å²) < 4.78 is 0. The zero-order valence-electron chi connectivity index (χ0n) is 19.3. The number of pyridine rings is 2. The number of aromatic nitrogens is 4. The Bertz CT molecular complexity index is 1440. The van der Waals surface area contributed by atoms with Gasteiger partial charge in [-0.25, -0.2) is 15.0 Å². The van der Waals surface area contributed by atoms with Crippen LogP contribution in [0.25, 0.3) is 11.2 Å². The van der Waals surface area contributed by atoms with Crippen LogP contribution < -0.4 is 10.6 Å². The van der Waals surface area contributed by atoms with Gasteiger partial charge in [-0.15, -0.1) is 0 Å². The van der Waals surface area contributed by atoms with Crippen molar-refractivity contribution in [3.05, 3.63) is 70.6 Å². The maximum Gasteiger partial charge on any atom is 0.179 e. The largest absolute Gasteiger partial charge is 0.508 e. The van der Waals surface area contributed by atoms with Crippen molar-refractivity contribution in [3.63, 3.8) is 0 Å². The Morgan fingerprint density at radius 3 is 2.77 bits per heavy atom. The van der Waals surface area contributed by atoms with Gasteiger partial charge >= 0.3 is 0 Å². The molecule has 7 nitrogen and oxygen atoms in total. The number of aryl methyl sites for hydroxylation is 1. The van der Waals surface area contributed by atoms with Crippen molar-refractivity contribution in [2.24, 2.45) is 11.1 Å². The van der Waals surface area contributed by atoms with Crippen molar-refractivity contribution >= 4 is 40.3 Å². The lowest BCUT2D eigenvalue weighted by Gasteiger charge is -2.42. The highest BCUT2D eigenvalue weighted by atomic mass is 35.5. The van der Waals surface area contributed by atoms with Gasteiger partial charge in [-0.3, -0.25) is 4.98 Å². The summed E-state index contributed by atoms with van der Waals surface area (Å²) in [5, 5.41) is 11.3. The number of nitrogens with zero attached hydrogens (tertiary/aromatic N) is 5. The molecule has 0 saturated carbocycles. The number of benzene rings is 1. The predicted molar refractivity (Wildman–Crippen MR) is 138 cm³/mol. The molecule has 4 aromatic rings. The lowest BCUT2D eigenvalue weighted by molar-refractivity contribution is 0.187. The van der Waals surface area contributed by atoms with Crippen molar-refractivity contribution < 1.29 is 5.11 Å². The molecule has 3 aromatic heterocycles. The van der Waals surface area contributed by atoms with E-state index in [-0.39, 0.29) is 11.5 Å². The number of aromatic hydroxyl groups is 1.